The fraction of sp³-hybridized carbons (Fsp3) is 0.938. The average Bonchev–Trinajstić information content (AvgIpc) is 3.01. The summed E-state index contributed by atoms with van der Waals surface area (Å²) < 4.78 is 11.2. The van der Waals surface area contributed by atoms with Crippen molar-refractivity contribution in [2.24, 2.45) is 10.9 Å². The summed E-state index contributed by atoms with van der Waals surface area (Å²) in [5, 5.41) is 6.66. The van der Waals surface area contributed by atoms with E-state index in [2.05, 4.69) is 42.7 Å². The van der Waals surface area contributed by atoms with Crippen LogP contribution in [0.15, 0.2) is 4.99 Å². The molecule has 1 rings (SSSR count). The van der Waals surface area contributed by atoms with Crippen molar-refractivity contribution < 1.29 is 9.47 Å². The van der Waals surface area contributed by atoms with Crippen LogP contribution in [0, 0.1) is 5.92 Å². The third-order valence-corrected chi connectivity index (χ3v) is 4.88. The van der Waals surface area contributed by atoms with Crippen LogP contribution in [0.5, 0.6) is 0 Å². The van der Waals surface area contributed by atoms with Crippen LogP contribution in [0.4, 0.5) is 0 Å². The van der Waals surface area contributed by atoms with Crippen LogP contribution in [-0.4, -0.2) is 63.0 Å². The van der Waals surface area contributed by atoms with E-state index in [-0.39, 0.29) is 4.75 Å². The molecule has 1 saturated heterocycles. The van der Waals surface area contributed by atoms with E-state index in [1.54, 1.807) is 0 Å². The van der Waals surface area contributed by atoms with Gasteiger partial charge in [0.1, 0.15) is 0 Å². The molecule has 1 unspecified atom stereocenters. The Hall–Kier alpha value is -0.460. The van der Waals surface area contributed by atoms with Gasteiger partial charge >= 0.3 is 0 Å². The number of hydrogen-bond acceptors (Lipinski definition) is 4. The van der Waals surface area contributed by atoms with Gasteiger partial charge in [0.15, 0.2) is 5.96 Å². The van der Waals surface area contributed by atoms with E-state index < -0.39 is 0 Å². The van der Waals surface area contributed by atoms with Crippen molar-refractivity contribution >= 4 is 17.7 Å². The van der Waals surface area contributed by atoms with E-state index >= 15 is 0 Å². The molecule has 22 heavy (non-hydrogen) atoms. The van der Waals surface area contributed by atoms with Crippen molar-refractivity contribution in [1.29, 1.82) is 0 Å². The first-order valence-corrected chi connectivity index (χ1v) is 9.52. The molecule has 1 heterocycles. The molecule has 6 heteroatoms. The summed E-state index contributed by atoms with van der Waals surface area (Å²) in [6.45, 7) is 12.5. The number of thioether (sulfide) groups is 1. The SMILES string of the molecule is CCNC(=NCC(C)(C)SC)NCCCOCC1CCOC1. The highest BCUT2D eigenvalue weighted by molar-refractivity contribution is 7.99. The third kappa shape index (κ3) is 8.86. The second-order valence-electron chi connectivity index (χ2n) is 6.24. The van der Waals surface area contributed by atoms with Gasteiger partial charge in [-0.25, -0.2) is 0 Å². The molecule has 1 atom stereocenters. The van der Waals surface area contributed by atoms with Gasteiger partial charge < -0.3 is 20.1 Å². The predicted molar refractivity (Wildman–Crippen MR) is 95.9 cm³/mol. The molecular formula is C16H33N3O2S. The molecule has 1 aliphatic rings. The number of nitrogens with one attached hydrogen (secondary N) is 2. The largest absolute Gasteiger partial charge is 0.381 e. The monoisotopic (exact) mass is 331 g/mol. The van der Waals surface area contributed by atoms with Crippen LogP contribution in [0.2, 0.25) is 0 Å². The molecule has 130 valence electrons. The van der Waals surface area contributed by atoms with E-state index in [9.17, 15) is 0 Å². The van der Waals surface area contributed by atoms with E-state index in [0.29, 0.717) is 5.92 Å². The molecule has 0 aromatic carbocycles. The zero-order chi connectivity index (χ0) is 16.3. The second kappa shape index (κ2) is 11.1. The van der Waals surface area contributed by atoms with Gasteiger partial charge in [-0.05, 0) is 39.9 Å². The first-order chi connectivity index (χ1) is 10.6. The maximum atomic E-state index is 5.71. The summed E-state index contributed by atoms with van der Waals surface area (Å²) >= 11 is 1.84. The van der Waals surface area contributed by atoms with Gasteiger partial charge in [-0.2, -0.15) is 11.8 Å². The molecule has 5 nitrogen and oxygen atoms in total. The van der Waals surface area contributed by atoms with Crippen molar-refractivity contribution in [2.75, 3.05) is 52.3 Å². The van der Waals surface area contributed by atoms with Gasteiger partial charge in [-0.1, -0.05) is 0 Å². The van der Waals surface area contributed by atoms with E-state index in [0.717, 1.165) is 64.9 Å². The summed E-state index contributed by atoms with van der Waals surface area (Å²) in [5.74, 6) is 1.49. The maximum Gasteiger partial charge on any atom is 0.191 e. The first-order valence-electron chi connectivity index (χ1n) is 8.30. The van der Waals surface area contributed by atoms with Crippen LogP contribution in [-0.2, 0) is 9.47 Å². The van der Waals surface area contributed by atoms with Crippen molar-refractivity contribution in [2.45, 2.75) is 38.4 Å². The molecular weight excluding hydrogens is 298 g/mol. The van der Waals surface area contributed by atoms with Crippen LogP contribution < -0.4 is 10.6 Å². The number of ether oxygens (including phenoxy) is 2. The quantitative estimate of drug-likeness (QED) is 0.365. The minimum atomic E-state index is 0.175. The summed E-state index contributed by atoms with van der Waals surface area (Å²) in [7, 11) is 0. The average molecular weight is 332 g/mol. The molecule has 1 aliphatic heterocycles. The van der Waals surface area contributed by atoms with E-state index in [1.165, 1.54) is 0 Å². The zero-order valence-corrected chi connectivity index (χ0v) is 15.4. The van der Waals surface area contributed by atoms with Gasteiger partial charge in [0, 0.05) is 37.0 Å². The Labute approximate surface area is 140 Å². The standard InChI is InChI=1S/C16H33N3O2S/c1-5-17-15(19-13-16(2,3)22-4)18-8-6-9-20-11-14-7-10-21-12-14/h14H,5-13H2,1-4H3,(H2,17,18,19). The lowest BCUT2D eigenvalue weighted by molar-refractivity contribution is 0.0888. The highest BCUT2D eigenvalue weighted by Crippen LogP contribution is 2.20. The molecule has 0 aromatic rings. The summed E-state index contributed by atoms with van der Waals surface area (Å²) in [6, 6.07) is 0. The van der Waals surface area contributed by atoms with Crippen LogP contribution in [0.25, 0.3) is 0 Å². The van der Waals surface area contributed by atoms with E-state index in [4.69, 9.17) is 9.47 Å². The topological polar surface area (TPSA) is 54.9 Å². The molecule has 1 fully saturated rings. The van der Waals surface area contributed by atoms with Crippen molar-refractivity contribution in [3.63, 3.8) is 0 Å². The van der Waals surface area contributed by atoms with Gasteiger partial charge in [0.25, 0.3) is 0 Å². The highest BCUT2D eigenvalue weighted by Gasteiger charge is 2.16. The fourth-order valence-corrected chi connectivity index (χ4v) is 2.22. The molecule has 0 aliphatic carbocycles. The first kappa shape index (κ1) is 19.6. The molecule has 0 bridgehead atoms. The van der Waals surface area contributed by atoms with Crippen molar-refractivity contribution in [3.05, 3.63) is 0 Å². The van der Waals surface area contributed by atoms with Gasteiger partial charge in [-0.15, -0.1) is 0 Å². The van der Waals surface area contributed by atoms with Gasteiger partial charge in [-0.3, -0.25) is 4.99 Å². The predicted octanol–water partition coefficient (Wildman–Crippen LogP) is 2.13. The molecule has 0 spiro atoms. The Bertz CT molecular complexity index is 319. The Morgan fingerprint density at radius 1 is 1.41 bits per heavy atom. The van der Waals surface area contributed by atoms with Crippen molar-refractivity contribution in [3.8, 4) is 0 Å². The second-order valence-corrected chi connectivity index (χ2v) is 7.76. The van der Waals surface area contributed by atoms with Gasteiger partial charge in [0.05, 0.1) is 19.8 Å². The minimum Gasteiger partial charge on any atom is -0.381 e. The van der Waals surface area contributed by atoms with Crippen LogP contribution >= 0.6 is 11.8 Å². The lowest BCUT2D eigenvalue weighted by atomic mass is 10.1. The van der Waals surface area contributed by atoms with E-state index in [1.807, 2.05) is 11.8 Å². The van der Waals surface area contributed by atoms with Crippen LogP contribution in [0.3, 0.4) is 0 Å². The summed E-state index contributed by atoms with van der Waals surface area (Å²) in [6.07, 6.45) is 4.26. The molecule has 0 amide bonds. The highest BCUT2D eigenvalue weighted by atomic mass is 32.2. The fourth-order valence-electron chi connectivity index (χ4n) is 2.02. The molecule has 2 N–H and O–H groups in total. The number of guanidine groups is 1. The molecule has 0 saturated carbocycles. The maximum absolute atomic E-state index is 5.71. The smallest absolute Gasteiger partial charge is 0.191 e. The third-order valence-electron chi connectivity index (χ3n) is 3.65. The number of nitrogens with zero attached hydrogens (tertiary/aromatic N) is 1. The minimum absolute atomic E-state index is 0.175. The Kier molecular flexibility index (Phi) is 9.91. The normalized spacial score (nSPS) is 19.5. The number of aliphatic imine (C=N–C) groups is 1. The summed E-state index contributed by atoms with van der Waals surface area (Å²) in [4.78, 5) is 4.65. The van der Waals surface area contributed by atoms with Crippen molar-refractivity contribution in [1.82, 2.24) is 10.6 Å². The Balaban J connectivity index is 2.13. The summed E-state index contributed by atoms with van der Waals surface area (Å²) in [5.41, 5.74) is 0. The van der Waals surface area contributed by atoms with Crippen LogP contribution in [0.1, 0.15) is 33.6 Å². The number of rotatable bonds is 10. The Morgan fingerprint density at radius 3 is 2.86 bits per heavy atom. The lowest BCUT2D eigenvalue weighted by Gasteiger charge is -2.20. The van der Waals surface area contributed by atoms with Gasteiger partial charge in [0.2, 0.25) is 0 Å². The molecule has 0 radical (unpaired) electrons. The number of hydrogen-bond donors (Lipinski definition) is 2. The Morgan fingerprint density at radius 2 is 2.23 bits per heavy atom. The lowest BCUT2D eigenvalue weighted by Crippen LogP contribution is -2.39. The zero-order valence-electron chi connectivity index (χ0n) is 14.6. The molecule has 0 aromatic heterocycles.